The first-order valence-corrected chi connectivity index (χ1v) is 9.81. The van der Waals surface area contributed by atoms with Gasteiger partial charge in [0, 0.05) is 24.5 Å². The molecular weight excluding hydrogens is 390 g/mol. The van der Waals surface area contributed by atoms with E-state index in [0.29, 0.717) is 27.9 Å². The molecule has 7 nitrogen and oxygen atoms in total. The Labute approximate surface area is 176 Å². The second-order valence-corrected chi connectivity index (χ2v) is 7.05. The van der Waals surface area contributed by atoms with Gasteiger partial charge in [-0.15, -0.1) is 0 Å². The first kappa shape index (κ1) is 20.9. The van der Waals surface area contributed by atoms with E-state index in [1.807, 2.05) is 18.3 Å². The Bertz CT molecular complexity index is 850. The van der Waals surface area contributed by atoms with Crippen LogP contribution in [0.4, 0.5) is 0 Å². The van der Waals surface area contributed by atoms with Gasteiger partial charge in [0.1, 0.15) is 0 Å². The molecule has 1 aromatic carbocycles. The highest BCUT2D eigenvalue weighted by Crippen LogP contribution is 2.38. The summed E-state index contributed by atoms with van der Waals surface area (Å²) in [4.78, 5) is 19.2. The van der Waals surface area contributed by atoms with Crippen LogP contribution >= 0.6 is 12.2 Å². The molecule has 29 heavy (non-hydrogen) atoms. The van der Waals surface area contributed by atoms with Crippen molar-refractivity contribution in [2.45, 2.75) is 25.3 Å². The van der Waals surface area contributed by atoms with Gasteiger partial charge >= 0.3 is 0 Å². The smallest absolute Gasteiger partial charge is 0.257 e. The van der Waals surface area contributed by atoms with Crippen molar-refractivity contribution in [1.82, 2.24) is 15.2 Å². The summed E-state index contributed by atoms with van der Waals surface area (Å²) in [6.45, 7) is 0.786. The van der Waals surface area contributed by atoms with Crippen molar-refractivity contribution in [3.8, 4) is 17.2 Å². The number of likely N-dealkylation sites (tertiary alicyclic amines) is 1. The molecule has 1 amide bonds. The first-order chi connectivity index (χ1) is 14.1. The Balaban J connectivity index is 1.80. The Morgan fingerprint density at radius 3 is 2.48 bits per heavy atom. The molecular formula is C21H25N3O4S. The van der Waals surface area contributed by atoms with Crippen LogP contribution in [0.2, 0.25) is 0 Å². The Kier molecular flexibility index (Phi) is 6.87. The van der Waals surface area contributed by atoms with Gasteiger partial charge in [-0.3, -0.25) is 15.1 Å². The summed E-state index contributed by atoms with van der Waals surface area (Å²) < 4.78 is 16.0. The fourth-order valence-electron chi connectivity index (χ4n) is 3.55. The fourth-order valence-corrected chi connectivity index (χ4v) is 3.86. The molecule has 3 rings (SSSR count). The number of pyridine rings is 1. The van der Waals surface area contributed by atoms with Crippen LogP contribution in [0.5, 0.6) is 17.2 Å². The van der Waals surface area contributed by atoms with Crippen molar-refractivity contribution < 1.29 is 19.0 Å². The summed E-state index contributed by atoms with van der Waals surface area (Å²) in [6, 6.07) is 7.27. The molecule has 1 unspecified atom stereocenters. The van der Waals surface area contributed by atoms with Crippen molar-refractivity contribution in [2.75, 3.05) is 27.9 Å². The summed E-state index contributed by atoms with van der Waals surface area (Å²) >= 11 is 5.58. The van der Waals surface area contributed by atoms with Crippen molar-refractivity contribution in [3.05, 3.63) is 47.8 Å². The van der Waals surface area contributed by atoms with Crippen molar-refractivity contribution in [1.29, 1.82) is 0 Å². The number of rotatable bonds is 5. The van der Waals surface area contributed by atoms with Crippen LogP contribution in [0, 0.1) is 0 Å². The quantitative estimate of drug-likeness (QED) is 0.751. The molecule has 154 valence electrons. The van der Waals surface area contributed by atoms with E-state index in [1.54, 1.807) is 18.3 Å². The van der Waals surface area contributed by atoms with Crippen LogP contribution in [0.25, 0.3) is 0 Å². The highest BCUT2D eigenvalue weighted by molar-refractivity contribution is 7.80. The largest absolute Gasteiger partial charge is 0.493 e. The third kappa shape index (κ3) is 4.59. The predicted molar refractivity (Wildman–Crippen MR) is 114 cm³/mol. The number of benzene rings is 1. The van der Waals surface area contributed by atoms with E-state index < -0.39 is 0 Å². The highest BCUT2D eigenvalue weighted by Gasteiger charge is 2.27. The number of hydrogen-bond donors (Lipinski definition) is 1. The van der Waals surface area contributed by atoms with Gasteiger partial charge in [-0.2, -0.15) is 0 Å². The Hall–Kier alpha value is -2.87. The number of aromatic nitrogens is 1. The van der Waals surface area contributed by atoms with Crippen molar-refractivity contribution in [2.24, 2.45) is 0 Å². The average Bonchev–Trinajstić information content (AvgIpc) is 2.78. The number of carbonyl (C=O) groups is 1. The molecule has 0 spiro atoms. The van der Waals surface area contributed by atoms with Crippen molar-refractivity contribution in [3.63, 3.8) is 0 Å². The van der Waals surface area contributed by atoms with Crippen LogP contribution in [-0.2, 0) is 0 Å². The zero-order valence-corrected chi connectivity index (χ0v) is 17.6. The summed E-state index contributed by atoms with van der Waals surface area (Å²) in [5, 5.41) is 3.25. The number of thiocarbonyl (C=S) groups is 1. The summed E-state index contributed by atoms with van der Waals surface area (Å²) in [6.07, 6.45) is 6.70. The van der Waals surface area contributed by atoms with Gasteiger partial charge in [0.25, 0.3) is 5.91 Å². The summed E-state index contributed by atoms with van der Waals surface area (Å²) in [5.41, 5.74) is 1.47. The molecule has 1 aliphatic rings. The predicted octanol–water partition coefficient (Wildman–Crippen LogP) is 3.35. The van der Waals surface area contributed by atoms with E-state index >= 15 is 0 Å². The molecule has 0 aliphatic carbocycles. The monoisotopic (exact) mass is 415 g/mol. The highest BCUT2D eigenvalue weighted by atomic mass is 32.1. The topological polar surface area (TPSA) is 72.9 Å². The minimum Gasteiger partial charge on any atom is -0.493 e. The van der Waals surface area contributed by atoms with E-state index in [2.05, 4.69) is 15.2 Å². The molecule has 1 fully saturated rings. The molecule has 1 atom stereocenters. The van der Waals surface area contributed by atoms with Gasteiger partial charge in [-0.25, -0.2) is 0 Å². The lowest BCUT2D eigenvalue weighted by atomic mass is 9.97. The third-order valence-corrected chi connectivity index (χ3v) is 5.32. The SMILES string of the molecule is COc1cc(C(=O)NC(=S)N2CCCCC2c2cccnc2)cc(OC)c1OC. The Morgan fingerprint density at radius 2 is 1.90 bits per heavy atom. The molecule has 1 N–H and O–H groups in total. The van der Waals surface area contributed by atoms with Crippen LogP contribution in [0.3, 0.4) is 0 Å². The lowest BCUT2D eigenvalue weighted by Crippen LogP contribution is -2.46. The molecule has 8 heteroatoms. The van der Waals surface area contributed by atoms with Crippen LogP contribution in [-0.4, -0.2) is 48.8 Å². The van der Waals surface area contributed by atoms with Crippen LogP contribution in [0.1, 0.15) is 41.2 Å². The maximum Gasteiger partial charge on any atom is 0.257 e. The normalized spacial score (nSPS) is 16.1. The number of nitrogens with one attached hydrogen (secondary N) is 1. The van der Waals surface area contributed by atoms with Crippen LogP contribution < -0.4 is 19.5 Å². The molecule has 1 saturated heterocycles. The number of piperidine rings is 1. The number of methoxy groups -OCH3 is 3. The van der Waals surface area contributed by atoms with E-state index in [1.165, 1.54) is 21.3 Å². The standard InChI is InChI=1S/C21H25N3O4S/c1-26-17-11-15(12-18(27-2)19(17)28-3)20(25)23-21(29)24-10-5-4-8-16(24)14-7-6-9-22-13-14/h6-7,9,11-13,16H,4-5,8,10H2,1-3H3,(H,23,25,29). The zero-order valence-electron chi connectivity index (χ0n) is 16.8. The fraction of sp³-hybridized carbons (Fsp3) is 0.381. The van der Waals surface area contributed by atoms with E-state index in [0.717, 1.165) is 31.4 Å². The van der Waals surface area contributed by atoms with Crippen molar-refractivity contribution >= 4 is 23.2 Å². The maximum absolute atomic E-state index is 12.9. The number of hydrogen-bond acceptors (Lipinski definition) is 6. The molecule has 0 bridgehead atoms. The van der Waals surface area contributed by atoms with Gasteiger partial charge in [-0.05, 0) is 55.2 Å². The minimum atomic E-state index is -0.329. The van der Waals surface area contributed by atoms with Gasteiger partial charge in [0.05, 0.1) is 27.4 Å². The number of carbonyl (C=O) groups excluding carboxylic acids is 1. The number of amides is 1. The first-order valence-electron chi connectivity index (χ1n) is 9.41. The third-order valence-electron chi connectivity index (χ3n) is 4.98. The second-order valence-electron chi connectivity index (χ2n) is 6.66. The van der Waals surface area contributed by atoms with Gasteiger partial charge < -0.3 is 19.1 Å². The average molecular weight is 416 g/mol. The lowest BCUT2D eigenvalue weighted by Gasteiger charge is -2.37. The molecule has 0 saturated carbocycles. The second kappa shape index (κ2) is 9.56. The molecule has 1 aliphatic heterocycles. The molecule has 0 radical (unpaired) electrons. The van der Waals surface area contributed by atoms with E-state index in [9.17, 15) is 4.79 Å². The Morgan fingerprint density at radius 1 is 1.17 bits per heavy atom. The van der Waals surface area contributed by atoms with Gasteiger partial charge in [-0.1, -0.05) is 6.07 Å². The molecule has 2 aromatic rings. The van der Waals surface area contributed by atoms with Gasteiger partial charge in [0.2, 0.25) is 5.75 Å². The minimum absolute atomic E-state index is 0.102. The molecule has 1 aromatic heterocycles. The molecule has 2 heterocycles. The number of nitrogens with zero attached hydrogens (tertiary/aromatic N) is 2. The van der Waals surface area contributed by atoms with Crippen LogP contribution in [0.15, 0.2) is 36.7 Å². The lowest BCUT2D eigenvalue weighted by molar-refractivity contribution is 0.0968. The van der Waals surface area contributed by atoms with Gasteiger partial charge in [0.15, 0.2) is 16.6 Å². The maximum atomic E-state index is 12.9. The summed E-state index contributed by atoms with van der Waals surface area (Å²) in [7, 11) is 4.54. The van der Waals surface area contributed by atoms with E-state index in [4.69, 9.17) is 26.4 Å². The number of ether oxygens (including phenoxy) is 3. The summed E-state index contributed by atoms with van der Waals surface area (Å²) in [5.74, 6) is 0.926. The van der Waals surface area contributed by atoms with E-state index in [-0.39, 0.29) is 11.9 Å². The zero-order chi connectivity index (χ0) is 20.8.